The first kappa shape index (κ1) is 36.5. The van der Waals surface area contributed by atoms with Crippen molar-refractivity contribution < 1.29 is 9.15 Å². The Morgan fingerprint density at radius 2 is 1.00 bits per heavy atom. The first-order valence-electron chi connectivity index (χ1n) is 23.0. The van der Waals surface area contributed by atoms with Crippen molar-refractivity contribution in [2.75, 3.05) is 4.90 Å². The van der Waals surface area contributed by atoms with Crippen molar-refractivity contribution in [1.29, 1.82) is 0 Å². The Balaban J connectivity index is 1.06. The summed E-state index contributed by atoms with van der Waals surface area (Å²) in [7, 11) is 0. The predicted molar refractivity (Wildman–Crippen MR) is 275 cm³/mol. The summed E-state index contributed by atoms with van der Waals surface area (Å²) in [6, 6.07) is 83.9. The number of furan rings is 1. The maximum atomic E-state index is 6.75. The lowest BCUT2D eigenvalue weighted by Gasteiger charge is -2.45. The highest BCUT2D eigenvalue weighted by Crippen LogP contribution is 2.62. The van der Waals surface area contributed by atoms with Crippen LogP contribution < -0.4 is 9.64 Å². The van der Waals surface area contributed by atoms with Gasteiger partial charge in [-0.05, 0) is 99.8 Å². The zero-order valence-corrected chi connectivity index (χ0v) is 36.2. The highest BCUT2D eigenvalue weighted by molar-refractivity contribution is 6.18. The van der Waals surface area contributed by atoms with E-state index in [4.69, 9.17) is 9.15 Å². The smallest absolute Gasteiger partial charge is 0.137 e. The Morgan fingerprint density at radius 3 is 1.87 bits per heavy atom. The zero-order valence-electron chi connectivity index (χ0n) is 36.2. The monoisotopic (exact) mass is 854 g/mol. The fourth-order valence-corrected chi connectivity index (χ4v) is 12.0. The van der Waals surface area contributed by atoms with Crippen LogP contribution in [0.4, 0.5) is 17.1 Å². The van der Waals surface area contributed by atoms with Crippen LogP contribution in [0.5, 0.6) is 11.5 Å². The minimum absolute atomic E-state index is 0.638. The van der Waals surface area contributed by atoms with Gasteiger partial charge in [0.05, 0.1) is 38.9 Å². The molecular formula is C63H38N2O2. The van der Waals surface area contributed by atoms with Crippen LogP contribution in [0.3, 0.4) is 0 Å². The number of benzene rings is 11. The van der Waals surface area contributed by atoms with Crippen LogP contribution in [0.15, 0.2) is 235 Å². The molecule has 4 nitrogen and oxygen atoms in total. The first-order valence-corrected chi connectivity index (χ1v) is 23.0. The molecular weight excluding hydrogens is 817 g/mol. The Labute approximate surface area is 385 Å². The minimum atomic E-state index is -0.638. The maximum Gasteiger partial charge on any atom is 0.137 e. The lowest BCUT2D eigenvalue weighted by atomic mass is 9.58. The number of ether oxygens (including phenoxy) is 1. The lowest BCUT2D eigenvalue weighted by Crippen LogP contribution is -2.36. The molecule has 2 aromatic heterocycles. The third-order valence-electron chi connectivity index (χ3n) is 14.6. The molecule has 0 unspecified atom stereocenters. The van der Waals surface area contributed by atoms with Gasteiger partial charge in [0.1, 0.15) is 22.7 Å². The Hall–Kier alpha value is -8.86. The number of para-hydroxylation sites is 4. The second kappa shape index (κ2) is 13.6. The standard InChI is InChI=1S/C63H38N2O2/c1-2-18-41-39(16-1)17-13-28-52(41)65-53-27-9-4-20-43(53)47-38-40(34-36-55(47)65)64(56-29-15-33-60-62(56)46-21-5-10-30-57(46)66-60)54-37-35-44-42-19-3-6-23-48(42)63(51-26-14-22-45(54)61(44)51)49-24-7-11-31-58(49)67-59-32-12-8-25-50(59)63/h1-38H. The Morgan fingerprint density at radius 1 is 0.373 bits per heavy atom. The topological polar surface area (TPSA) is 30.5 Å². The van der Waals surface area contributed by atoms with E-state index in [1.165, 1.54) is 54.7 Å². The number of hydrogen-bond donors (Lipinski definition) is 0. The van der Waals surface area contributed by atoms with Gasteiger partial charge in [0.2, 0.25) is 0 Å². The predicted octanol–water partition coefficient (Wildman–Crippen LogP) is 16.9. The van der Waals surface area contributed by atoms with Crippen LogP contribution >= 0.6 is 0 Å². The van der Waals surface area contributed by atoms with Crippen LogP contribution in [0.2, 0.25) is 0 Å². The van der Waals surface area contributed by atoms with Crippen LogP contribution in [-0.2, 0) is 5.41 Å². The highest BCUT2D eigenvalue weighted by Gasteiger charge is 2.49. The summed E-state index contributed by atoms with van der Waals surface area (Å²) in [5.74, 6) is 1.76. The summed E-state index contributed by atoms with van der Waals surface area (Å²) in [5, 5.41) is 9.36. The molecule has 0 atom stereocenters. The van der Waals surface area contributed by atoms with Crippen LogP contribution in [-0.4, -0.2) is 4.57 Å². The van der Waals surface area contributed by atoms with E-state index in [1.54, 1.807) is 0 Å². The average molecular weight is 855 g/mol. The van der Waals surface area contributed by atoms with Gasteiger partial charge >= 0.3 is 0 Å². The molecule has 4 heteroatoms. The highest BCUT2D eigenvalue weighted by atomic mass is 16.5. The van der Waals surface area contributed by atoms with Crippen LogP contribution in [0, 0.1) is 0 Å². The van der Waals surface area contributed by atoms with Crippen molar-refractivity contribution >= 4 is 82.4 Å². The molecule has 0 saturated heterocycles. The molecule has 13 aromatic rings. The molecule has 15 rings (SSSR count). The molecule has 0 fully saturated rings. The van der Waals surface area contributed by atoms with E-state index < -0.39 is 5.41 Å². The van der Waals surface area contributed by atoms with E-state index in [0.29, 0.717) is 0 Å². The first-order chi connectivity index (χ1) is 33.3. The van der Waals surface area contributed by atoms with Crippen molar-refractivity contribution in [2.24, 2.45) is 0 Å². The number of anilines is 3. The van der Waals surface area contributed by atoms with E-state index in [-0.39, 0.29) is 0 Å². The zero-order chi connectivity index (χ0) is 43.8. The molecule has 1 aliphatic heterocycles. The number of nitrogens with zero attached hydrogens (tertiary/aromatic N) is 2. The molecule has 3 heterocycles. The van der Waals surface area contributed by atoms with Gasteiger partial charge in [0, 0.05) is 43.7 Å². The molecule has 312 valence electrons. The Kier molecular flexibility index (Phi) is 7.40. The fourth-order valence-electron chi connectivity index (χ4n) is 12.0. The summed E-state index contributed by atoms with van der Waals surface area (Å²) in [6.07, 6.45) is 0. The average Bonchev–Trinajstić information content (AvgIpc) is 3.94. The van der Waals surface area contributed by atoms with E-state index in [2.05, 4.69) is 234 Å². The van der Waals surface area contributed by atoms with Crippen molar-refractivity contribution in [3.05, 3.63) is 253 Å². The third-order valence-corrected chi connectivity index (χ3v) is 14.6. The number of hydrogen-bond acceptors (Lipinski definition) is 3. The van der Waals surface area contributed by atoms with Crippen molar-refractivity contribution in [1.82, 2.24) is 4.57 Å². The van der Waals surface area contributed by atoms with Crippen molar-refractivity contribution in [3.63, 3.8) is 0 Å². The lowest BCUT2D eigenvalue weighted by molar-refractivity contribution is 0.435. The molecule has 0 saturated carbocycles. The summed E-state index contributed by atoms with van der Waals surface area (Å²) in [6.45, 7) is 0. The normalized spacial score (nSPS) is 13.3. The molecule has 2 aliphatic rings. The Bertz CT molecular complexity index is 4180. The maximum absolute atomic E-state index is 6.75. The summed E-state index contributed by atoms with van der Waals surface area (Å²) >= 11 is 0. The van der Waals surface area contributed by atoms with E-state index in [0.717, 1.165) is 78.2 Å². The SMILES string of the molecule is c1ccc2c(c1)Oc1ccccc1C21c2ccccc2-c2ccc(N(c3ccc4c(c3)c3ccccc3n4-c3cccc4ccccc34)c3cccc4oc5ccccc5c34)c3cccc1c23. The van der Waals surface area contributed by atoms with Gasteiger partial charge in [0.15, 0.2) is 0 Å². The third kappa shape index (κ3) is 4.86. The molecule has 67 heavy (non-hydrogen) atoms. The quantitative estimate of drug-likeness (QED) is 0.177. The van der Waals surface area contributed by atoms with Gasteiger partial charge in [-0.1, -0.05) is 164 Å². The fraction of sp³-hybridized carbons (Fsp3) is 0.0159. The largest absolute Gasteiger partial charge is 0.457 e. The minimum Gasteiger partial charge on any atom is -0.457 e. The number of rotatable bonds is 4. The van der Waals surface area contributed by atoms with Crippen LogP contribution in [0.1, 0.15) is 22.3 Å². The summed E-state index contributed by atoms with van der Waals surface area (Å²) < 4.78 is 15.8. The van der Waals surface area contributed by atoms with E-state index in [1.807, 2.05) is 6.07 Å². The second-order valence-electron chi connectivity index (χ2n) is 17.9. The summed E-state index contributed by atoms with van der Waals surface area (Å²) in [4.78, 5) is 2.48. The molecule has 0 bridgehead atoms. The van der Waals surface area contributed by atoms with E-state index in [9.17, 15) is 0 Å². The molecule has 0 radical (unpaired) electrons. The van der Waals surface area contributed by atoms with Gasteiger partial charge in [-0.25, -0.2) is 0 Å². The van der Waals surface area contributed by atoms with Crippen molar-refractivity contribution in [3.8, 4) is 28.3 Å². The van der Waals surface area contributed by atoms with Crippen molar-refractivity contribution in [2.45, 2.75) is 5.41 Å². The van der Waals surface area contributed by atoms with Gasteiger partial charge in [0.25, 0.3) is 0 Å². The second-order valence-corrected chi connectivity index (χ2v) is 17.9. The van der Waals surface area contributed by atoms with Gasteiger partial charge < -0.3 is 18.6 Å². The van der Waals surface area contributed by atoms with Crippen LogP contribution in [0.25, 0.3) is 82.1 Å². The molecule has 0 amide bonds. The van der Waals surface area contributed by atoms with E-state index >= 15 is 0 Å². The van der Waals surface area contributed by atoms with Gasteiger partial charge in [-0.15, -0.1) is 0 Å². The number of fused-ring (bicyclic) bond motifs is 15. The number of aromatic nitrogens is 1. The molecule has 1 spiro atoms. The van der Waals surface area contributed by atoms with Gasteiger partial charge in [-0.3, -0.25) is 0 Å². The molecule has 1 aliphatic carbocycles. The van der Waals surface area contributed by atoms with Gasteiger partial charge in [-0.2, -0.15) is 0 Å². The molecule has 11 aromatic carbocycles. The summed E-state index contributed by atoms with van der Waals surface area (Å²) in [5.41, 5.74) is 15.0. The molecule has 0 N–H and O–H groups in total.